The number of hydrogen-bond donors (Lipinski definition) is 2. The first-order chi connectivity index (χ1) is 12.1. The molecule has 7 heteroatoms. The maximum atomic E-state index is 13.6. The molecule has 0 aromatic heterocycles. The summed E-state index contributed by atoms with van der Waals surface area (Å²) in [5, 5.41) is 6.35. The van der Waals surface area contributed by atoms with Crippen molar-refractivity contribution in [3.05, 3.63) is 53.3 Å². The summed E-state index contributed by atoms with van der Waals surface area (Å²) in [7, 11) is 3.28. The van der Waals surface area contributed by atoms with Crippen molar-refractivity contribution < 1.29 is 13.9 Å². The van der Waals surface area contributed by atoms with Gasteiger partial charge in [-0.3, -0.25) is 4.99 Å². The second-order valence-electron chi connectivity index (χ2n) is 5.43. The van der Waals surface area contributed by atoms with Gasteiger partial charge in [0.15, 0.2) is 17.5 Å². The van der Waals surface area contributed by atoms with E-state index in [0.29, 0.717) is 36.2 Å². The molecule has 142 valence electrons. The Kier molecular flexibility index (Phi) is 9.18. The Balaban J connectivity index is 0.00000338. The molecule has 0 spiro atoms. The van der Waals surface area contributed by atoms with Crippen molar-refractivity contribution in [1.29, 1.82) is 0 Å². The highest BCUT2D eigenvalue weighted by Gasteiger charge is 2.07. The van der Waals surface area contributed by atoms with Crippen molar-refractivity contribution >= 4 is 35.6 Å². The van der Waals surface area contributed by atoms with Gasteiger partial charge in [0.2, 0.25) is 0 Å². The fraction of sp³-hybridized carbons (Fsp3) is 0.316. The summed E-state index contributed by atoms with van der Waals surface area (Å²) in [5.74, 6) is 1.70. The van der Waals surface area contributed by atoms with E-state index in [0.717, 1.165) is 11.3 Å². The SMILES string of the molecule is CCOc1cc(NC(=NC)NCc2ccc(C)c(F)c2)ccc1OC.I. The number of nitrogens with one attached hydrogen (secondary N) is 2. The van der Waals surface area contributed by atoms with Gasteiger partial charge in [-0.25, -0.2) is 4.39 Å². The van der Waals surface area contributed by atoms with Crippen LogP contribution in [-0.4, -0.2) is 26.7 Å². The Morgan fingerprint density at radius 1 is 1.15 bits per heavy atom. The summed E-state index contributed by atoms with van der Waals surface area (Å²) in [6, 6.07) is 10.7. The number of anilines is 1. The van der Waals surface area contributed by atoms with E-state index in [-0.39, 0.29) is 29.8 Å². The zero-order valence-corrected chi connectivity index (χ0v) is 17.8. The Hall–Kier alpha value is -2.03. The molecule has 0 unspecified atom stereocenters. The number of aliphatic imine (C=N–C) groups is 1. The van der Waals surface area contributed by atoms with Crippen molar-refractivity contribution in [2.45, 2.75) is 20.4 Å². The molecular weight excluding hydrogens is 448 g/mol. The Morgan fingerprint density at radius 3 is 2.54 bits per heavy atom. The average molecular weight is 473 g/mol. The van der Waals surface area contributed by atoms with E-state index in [1.165, 1.54) is 6.07 Å². The molecule has 2 N–H and O–H groups in total. The van der Waals surface area contributed by atoms with Gasteiger partial charge in [-0.05, 0) is 43.2 Å². The van der Waals surface area contributed by atoms with Gasteiger partial charge in [-0.1, -0.05) is 12.1 Å². The molecule has 2 aromatic rings. The van der Waals surface area contributed by atoms with Crippen LogP contribution in [0.15, 0.2) is 41.4 Å². The lowest BCUT2D eigenvalue weighted by Gasteiger charge is -2.15. The molecule has 2 aromatic carbocycles. The largest absolute Gasteiger partial charge is 0.493 e. The molecule has 26 heavy (non-hydrogen) atoms. The third kappa shape index (κ3) is 6.05. The van der Waals surface area contributed by atoms with Crippen molar-refractivity contribution in [3.63, 3.8) is 0 Å². The zero-order valence-electron chi connectivity index (χ0n) is 15.4. The van der Waals surface area contributed by atoms with Gasteiger partial charge in [-0.2, -0.15) is 0 Å². The molecule has 5 nitrogen and oxygen atoms in total. The Bertz CT molecular complexity index is 754. The summed E-state index contributed by atoms with van der Waals surface area (Å²) in [6.07, 6.45) is 0. The van der Waals surface area contributed by atoms with Gasteiger partial charge in [0.25, 0.3) is 0 Å². The molecule has 0 radical (unpaired) electrons. The maximum Gasteiger partial charge on any atom is 0.195 e. The zero-order chi connectivity index (χ0) is 18.2. The van der Waals surface area contributed by atoms with Gasteiger partial charge in [0.1, 0.15) is 5.82 Å². The van der Waals surface area contributed by atoms with Gasteiger partial charge in [0.05, 0.1) is 13.7 Å². The second kappa shape index (κ2) is 10.8. The summed E-state index contributed by atoms with van der Waals surface area (Å²) in [5.41, 5.74) is 2.29. The van der Waals surface area contributed by atoms with E-state index in [2.05, 4.69) is 15.6 Å². The molecule has 0 bridgehead atoms. The smallest absolute Gasteiger partial charge is 0.195 e. The third-order valence-corrected chi connectivity index (χ3v) is 3.65. The number of halogens is 2. The van der Waals surface area contributed by atoms with Crippen molar-refractivity contribution in [2.24, 2.45) is 4.99 Å². The van der Waals surface area contributed by atoms with E-state index in [1.54, 1.807) is 27.1 Å². The second-order valence-corrected chi connectivity index (χ2v) is 5.43. The number of hydrogen-bond acceptors (Lipinski definition) is 3. The van der Waals surface area contributed by atoms with E-state index >= 15 is 0 Å². The lowest BCUT2D eigenvalue weighted by atomic mass is 10.1. The van der Waals surface area contributed by atoms with E-state index in [9.17, 15) is 4.39 Å². The molecule has 0 aliphatic heterocycles. The summed E-state index contributed by atoms with van der Waals surface area (Å²) in [4.78, 5) is 4.19. The number of nitrogens with zero attached hydrogens (tertiary/aromatic N) is 1. The highest BCUT2D eigenvalue weighted by atomic mass is 127. The number of rotatable bonds is 6. The molecule has 2 rings (SSSR count). The van der Waals surface area contributed by atoms with Crippen LogP contribution in [0.5, 0.6) is 11.5 Å². The van der Waals surface area contributed by atoms with Gasteiger partial charge >= 0.3 is 0 Å². The topological polar surface area (TPSA) is 54.9 Å². The maximum absolute atomic E-state index is 13.6. The first kappa shape index (κ1) is 22.0. The van der Waals surface area contributed by atoms with Crippen LogP contribution in [0, 0.1) is 12.7 Å². The van der Waals surface area contributed by atoms with E-state index in [1.807, 2.05) is 31.2 Å². The van der Waals surface area contributed by atoms with Crippen LogP contribution in [0.1, 0.15) is 18.1 Å². The number of ether oxygens (including phenoxy) is 2. The molecule has 0 fully saturated rings. The monoisotopic (exact) mass is 473 g/mol. The van der Waals surface area contributed by atoms with Crippen molar-refractivity contribution in [1.82, 2.24) is 5.32 Å². The first-order valence-corrected chi connectivity index (χ1v) is 8.11. The normalized spacial score (nSPS) is 10.7. The predicted molar refractivity (Wildman–Crippen MR) is 115 cm³/mol. The standard InChI is InChI=1S/C19H24FN3O2.HI/c1-5-25-18-11-15(8-9-17(18)24-4)23-19(21-3)22-12-14-7-6-13(2)16(20)10-14;/h6-11H,5,12H2,1-4H3,(H2,21,22,23);1H. The van der Waals surface area contributed by atoms with Crippen LogP contribution in [0.2, 0.25) is 0 Å². The van der Waals surface area contributed by atoms with Crippen LogP contribution in [0.4, 0.5) is 10.1 Å². The minimum atomic E-state index is -0.209. The molecular formula is C19H25FIN3O2. The van der Waals surface area contributed by atoms with Gasteiger partial charge < -0.3 is 20.1 Å². The fourth-order valence-electron chi connectivity index (χ4n) is 2.27. The highest BCUT2D eigenvalue weighted by molar-refractivity contribution is 14.0. The number of aryl methyl sites for hydroxylation is 1. The Morgan fingerprint density at radius 2 is 1.92 bits per heavy atom. The summed E-state index contributed by atoms with van der Waals surface area (Å²) < 4.78 is 24.5. The van der Waals surface area contributed by atoms with Crippen LogP contribution >= 0.6 is 24.0 Å². The number of methoxy groups -OCH3 is 1. The molecule has 0 saturated carbocycles. The average Bonchev–Trinajstić information content (AvgIpc) is 2.62. The molecule has 0 amide bonds. The molecule has 0 saturated heterocycles. The van der Waals surface area contributed by atoms with Crippen LogP contribution in [0.3, 0.4) is 0 Å². The van der Waals surface area contributed by atoms with Crippen LogP contribution in [0.25, 0.3) is 0 Å². The molecule has 0 atom stereocenters. The fourth-order valence-corrected chi connectivity index (χ4v) is 2.27. The lowest BCUT2D eigenvalue weighted by molar-refractivity contribution is 0.311. The summed E-state index contributed by atoms with van der Waals surface area (Å²) in [6.45, 7) is 4.67. The number of benzene rings is 2. The van der Waals surface area contributed by atoms with Crippen molar-refractivity contribution in [2.75, 3.05) is 26.1 Å². The molecule has 0 aliphatic rings. The first-order valence-electron chi connectivity index (χ1n) is 8.11. The summed E-state index contributed by atoms with van der Waals surface area (Å²) >= 11 is 0. The lowest BCUT2D eigenvalue weighted by Crippen LogP contribution is -2.30. The van der Waals surface area contributed by atoms with Gasteiger partial charge in [-0.15, -0.1) is 24.0 Å². The number of guanidine groups is 1. The van der Waals surface area contributed by atoms with Crippen molar-refractivity contribution in [3.8, 4) is 11.5 Å². The van der Waals surface area contributed by atoms with Crippen LogP contribution in [-0.2, 0) is 6.54 Å². The minimum absolute atomic E-state index is 0. The predicted octanol–water partition coefficient (Wildman–Crippen LogP) is 4.35. The Labute approximate surface area is 171 Å². The highest BCUT2D eigenvalue weighted by Crippen LogP contribution is 2.30. The minimum Gasteiger partial charge on any atom is -0.493 e. The third-order valence-electron chi connectivity index (χ3n) is 3.65. The molecule has 0 aliphatic carbocycles. The van der Waals surface area contributed by atoms with E-state index < -0.39 is 0 Å². The quantitative estimate of drug-likeness (QED) is 0.372. The van der Waals surface area contributed by atoms with E-state index in [4.69, 9.17) is 9.47 Å². The van der Waals surface area contributed by atoms with Gasteiger partial charge in [0, 0.05) is 25.3 Å². The van der Waals surface area contributed by atoms with Crippen LogP contribution < -0.4 is 20.1 Å². The molecule has 0 heterocycles.